The van der Waals surface area contributed by atoms with E-state index in [0.29, 0.717) is 40.6 Å². The number of ether oxygens (including phenoxy) is 3. The van der Waals surface area contributed by atoms with Gasteiger partial charge in [-0.1, -0.05) is 64.1 Å². The van der Waals surface area contributed by atoms with Crippen molar-refractivity contribution in [2.24, 2.45) is 11.1 Å². The van der Waals surface area contributed by atoms with Crippen LogP contribution in [0.15, 0.2) is 66.7 Å². The van der Waals surface area contributed by atoms with E-state index in [9.17, 15) is 4.79 Å². The fourth-order valence-electron chi connectivity index (χ4n) is 5.61. The number of carbonyl (C=O) groups excluding carboxylic acids is 1. The molecule has 0 aliphatic carbocycles. The highest BCUT2D eigenvalue weighted by Crippen LogP contribution is 2.38. The van der Waals surface area contributed by atoms with Crippen LogP contribution in [0.2, 0.25) is 0 Å². The Balaban J connectivity index is 1.57. The third-order valence-electron chi connectivity index (χ3n) is 7.99. The van der Waals surface area contributed by atoms with Gasteiger partial charge < -0.3 is 19.9 Å². The minimum absolute atomic E-state index is 0.00277. The standard InChI is InChI=1S/C35H39F2N3O4/c1-5-25(22-11-7-6-8-12-22)32(23-14-17-29-27(19-23)33(37)39-40(29)31-13-9-10-18-42-31)26-16-15-24(20-28(26)36)43-21-30(35(2,3)4)44-34(38)41/h6-8,11-12,14-17,19-20,30-31H,5,9-10,13,18,21H2,1-4H3,(H2,38,41). The SMILES string of the molecule is CCC(=C(c1ccc2c(c1)c(F)nn2C1CCCCO1)c1ccc(OCC(OC(N)=O)C(C)(C)C)cc1F)c1ccccc1. The van der Waals surface area contributed by atoms with Crippen molar-refractivity contribution in [3.8, 4) is 5.75 Å². The molecule has 0 spiro atoms. The van der Waals surface area contributed by atoms with Crippen LogP contribution >= 0.6 is 0 Å². The number of benzene rings is 3. The van der Waals surface area contributed by atoms with Gasteiger partial charge in [0.05, 0.1) is 10.9 Å². The first-order valence-electron chi connectivity index (χ1n) is 15.0. The van der Waals surface area contributed by atoms with E-state index in [2.05, 4.69) is 5.10 Å². The lowest BCUT2D eigenvalue weighted by Crippen LogP contribution is -2.38. The van der Waals surface area contributed by atoms with Gasteiger partial charge in [-0.05, 0) is 72.2 Å². The molecule has 2 N–H and O–H groups in total. The van der Waals surface area contributed by atoms with Crippen molar-refractivity contribution >= 4 is 28.1 Å². The van der Waals surface area contributed by atoms with Gasteiger partial charge in [-0.15, -0.1) is 5.10 Å². The number of hydrogen-bond acceptors (Lipinski definition) is 5. The average molecular weight is 604 g/mol. The van der Waals surface area contributed by atoms with Crippen LogP contribution in [0.25, 0.3) is 22.0 Å². The van der Waals surface area contributed by atoms with Gasteiger partial charge in [0.15, 0.2) is 6.23 Å². The predicted molar refractivity (Wildman–Crippen MR) is 167 cm³/mol. The molecule has 0 radical (unpaired) electrons. The first-order chi connectivity index (χ1) is 21.1. The van der Waals surface area contributed by atoms with E-state index < -0.39 is 29.4 Å². The van der Waals surface area contributed by atoms with E-state index in [-0.39, 0.29) is 18.6 Å². The van der Waals surface area contributed by atoms with Gasteiger partial charge in [0, 0.05) is 23.7 Å². The van der Waals surface area contributed by atoms with Crippen molar-refractivity contribution in [2.75, 3.05) is 13.2 Å². The molecule has 3 aromatic carbocycles. The first kappa shape index (κ1) is 31.2. The number of carbonyl (C=O) groups is 1. The molecule has 5 rings (SSSR count). The fourth-order valence-corrected chi connectivity index (χ4v) is 5.61. The summed E-state index contributed by atoms with van der Waals surface area (Å²) in [7, 11) is 0. The number of halogens is 2. The maximum atomic E-state index is 16.1. The van der Waals surface area contributed by atoms with Gasteiger partial charge in [-0.3, -0.25) is 0 Å². The third-order valence-corrected chi connectivity index (χ3v) is 7.99. The molecule has 2 atom stereocenters. The second kappa shape index (κ2) is 13.2. The number of allylic oxidation sites excluding steroid dienone is 1. The Morgan fingerprint density at radius 3 is 2.48 bits per heavy atom. The Bertz CT molecular complexity index is 1650. The number of hydrogen-bond donors (Lipinski definition) is 1. The highest BCUT2D eigenvalue weighted by molar-refractivity contribution is 6.00. The van der Waals surface area contributed by atoms with Crippen molar-refractivity contribution in [2.45, 2.75) is 65.7 Å². The summed E-state index contributed by atoms with van der Waals surface area (Å²) in [5.74, 6) is -0.820. The zero-order valence-corrected chi connectivity index (χ0v) is 25.6. The largest absolute Gasteiger partial charge is 0.490 e. The molecular formula is C35H39F2N3O4. The Labute approximate surface area is 256 Å². The highest BCUT2D eigenvalue weighted by atomic mass is 19.1. The van der Waals surface area contributed by atoms with Crippen molar-refractivity contribution in [3.05, 3.63) is 95.2 Å². The quantitative estimate of drug-likeness (QED) is 0.195. The smallest absolute Gasteiger partial charge is 0.404 e. The molecule has 1 aliphatic heterocycles. The molecule has 1 fully saturated rings. The predicted octanol–water partition coefficient (Wildman–Crippen LogP) is 8.27. The molecule has 7 nitrogen and oxygen atoms in total. The topological polar surface area (TPSA) is 88.6 Å². The molecule has 1 aromatic heterocycles. The van der Waals surface area contributed by atoms with Gasteiger partial charge in [0.2, 0.25) is 5.95 Å². The summed E-state index contributed by atoms with van der Waals surface area (Å²) in [6.07, 6.45) is 1.48. The monoisotopic (exact) mass is 603 g/mol. The van der Waals surface area contributed by atoms with Gasteiger partial charge in [0.25, 0.3) is 0 Å². The Hall–Kier alpha value is -4.24. The van der Waals surface area contributed by atoms with E-state index in [1.807, 2.05) is 70.2 Å². The molecule has 232 valence electrons. The maximum absolute atomic E-state index is 16.1. The first-order valence-corrected chi connectivity index (χ1v) is 15.0. The van der Waals surface area contributed by atoms with Crippen LogP contribution in [-0.4, -0.2) is 35.2 Å². The maximum Gasteiger partial charge on any atom is 0.404 e. The number of fused-ring (bicyclic) bond motifs is 1. The Kier molecular flexibility index (Phi) is 9.34. The molecule has 0 bridgehead atoms. The van der Waals surface area contributed by atoms with Crippen LogP contribution in [0.5, 0.6) is 5.75 Å². The molecule has 1 amide bonds. The van der Waals surface area contributed by atoms with Crippen molar-refractivity contribution < 1.29 is 27.8 Å². The molecule has 1 aliphatic rings. The summed E-state index contributed by atoms with van der Waals surface area (Å²) in [4.78, 5) is 11.4. The summed E-state index contributed by atoms with van der Waals surface area (Å²) >= 11 is 0. The lowest BCUT2D eigenvalue weighted by molar-refractivity contribution is -0.0375. The molecule has 2 heterocycles. The number of nitrogens with zero attached hydrogens (tertiary/aromatic N) is 2. The molecule has 44 heavy (non-hydrogen) atoms. The summed E-state index contributed by atoms with van der Waals surface area (Å²) in [5, 5.41) is 4.54. The second-order valence-electron chi connectivity index (χ2n) is 12.1. The zero-order valence-electron chi connectivity index (χ0n) is 25.6. The number of rotatable bonds is 9. The number of nitrogens with two attached hydrogens (primary N) is 1. The van der Waals surface area contributed by atoms with Crippen LogP contribution in [-0.2, 0) is 9.47 Å². The van der Waals surface area contributed by atoms with E-state index in [1.54, 1.807) is 22.9 Å². The average Bonchev–Trinajstić information content (AvgIpc) is 3.34. The second-order valence-corrected chi connectivity index (χ2v) is 12.1. The fraction of sp³-hybridized carbons (Fsp3) is 0.371. The van der Waals surface area contributed by atoms with E-state index in [0.717, 1.165) is 30.4 Å². The van der Waals surface area contributed by atoms with Gasteiger partial charge in [-0.2, -0.15) is 4.39 Å². The Morgan fingerprint density at radius 1 is 1.07 bits per heavy atom. The van der Waals surface area contributed by atoms with Crippen LogP contribution in [0, 0.1) is 17.2 Å². The lowest BCUT2D eigenvalue weighted by Gasteiger charge is -2.29. The zero-order chi connectivity index (χ0) is 31.4. The van der Waals surface area contributed by atoms with E-state index >= 15 is 8.78 Å². The lowest BCUT2D eigenvalue weighted by atomic mass is 9.87. The normalized spacial score (nSPS) is 16.8. The molecule has 4 aromatic rings. The summed E-state index contributed by atoms with van der Waals surface area (Å²) in [6, 6.07) is 19.9. The number of primary amides is 1. The van der Waals surface area contributed by atoms with Crippen LogP contribution in [0.1, 0.15) is 76.3 Å². The number of amides is 1. The van der Waals surface area contributed by atoms with E-state index in [4.69, 9.17) is 19.9 Å². The summed E-state index contributed by atoms with van der Waals surface area (Å²) in [5.41, 5.74) is 8.94. The summed E-state index contributed by atoms with van der Waals surface area (Å²) < 4.78 is 50.0. The van der Waals surface area contributed by atoms with Crippen LogP contribution < -0.4 is 10.5 Å². The molecule has 2 unspecified atom stereocenters. The van der Waals surface area contributed by atoms with Crippen LogP contribution in [0.4, 0.5) is 13.6 Å². The van der Waals surface area contributed by atoms with E-state index in [1.165, 1.54) is 6.07 Å². The van der Waals surface area contributed by atoms with Gasteiger partial charge in [-0.25, -0.2) is 13.9 Å². The minimum atomic E-state index is -0.900. The molecule has 9 heteroatoms. The van der Waals surface area contributed by atoms with Crippen molar-refractivity contribution in [1.82, 2.24) is 9.78 Å². The number of aromatic nitrogens is 2. The minimum Gasteiger partial charge on any atom is -0.490 e. The van der Waals surface area contributed by atoms with Crippen molar-refractivity contribution in [1.29, 1.82) is 0 Å². The van der Waals surface area contributed by atoms with Gasteiger partial charge >= 0.3 is 6.09 Å². The van der Waals surface area contributed by atoms with Crippen molar-refractivity contribution in [3.63, 3.8) is 0 Å². The Morgan fingerprint density at radius 2 is 1.84 bits per heavy atom. The molecule has 1 saturated heterocycles. The highest BCUT2D eigenvalue weighted by Gasteiger charge is 2.29. The summed E-state index contributed by atoms with van der Waals surface area (Å²) in [6.45, 7) is 8.32. The molecule has 0 saturated carbocycles. The third kappa shape index (κ3) is 6.78. The molecular weight excluding hydrogens is 564 g/mol. The van der Waals surface area contributed by atoms with Crippen LogP contribution in [0.3, 0.4) is 0 Å². The van der Waals surface area contributed by atoms with Gasteiger partial charge in [0.1, 0.15) is 24.3 Å².